The summed E-state index contributed by atoms with van der Waals surface area (Å²) in [6, 6.07) is 64.6. The van der Waals surface area contributed by atoms with E-state index in [1.54, 1.807) is 14.2 Å². The lowest BCUT2D eigenvalue weighted by Gasteiger charge is -2.31. The topological polar surface area (TPSA) is 24.9 Å². The first-order valence-electron chi connectivity index (χ1n) is 27.2. The van der Waals surface area contributed by atoms with Crippen molar-refractivity contribution in [1.29, 1.82) is 0 Å². The minimum Gasteiger partial charge on any atom is -0.497 e. The molecule has 0 spiro atoms. The summed E-state index contributed by atoms with van der Waals surface area (Å²) in [4.78, 5) is 4.84. The molecule has 0 saturated heterocycles. The number of nitrogens with zero attached hydrogens (tertiary/aromatic N) is 2. The van der Waals surface area contributed by atoms with Crippen LogP contribution in [0.1, 0.15) is 152 Å². The molecule has 6 heteroatoms. The van der Waals surface area contributed by atoms with Crippen LogP contribution < -0.4 is 52.1 Å². The molecule has 0 atom stereocenters. The molecule has 8 bridgehead atoms. The van der Waals surface area contributed by atoms with Gasteiger partial charge in [0.1, 0.15) is 11.5 Å². The van der Waals surface area contributed by atoms with Crippen molar-refractivity contribution < 1.29 is 9.47 Å². The highest BCUT2D eigenvalue weighted by molar-refractivity contribution is 6.96. The fourth-order valence-corrected chi connectivity index (χ4v) is 11.4. The zero-order valence-electron chi connectivity index (χ0n) is 46.5. The Bertz CT molecular complexity index is 2930. The van der Waals surface area contributed by atoms with E-state index < -0.39 is 0 Å². The molecule has 0 fully saturated rings. The number of hydrogen-bond donors (Lipinski definition) is 0. The van der Waals surface area contributed by atoms with Gasteiger partial charge < -0.3 is 19.3 Å². The van der Waals surface area contributed by atoms with Crippen LogP contribution in [0, 0.1) is 0 Å². The summed E-state index contributed by atoms with van der Waals surface area (Å²) < 4.78 is 11.4. The minimum atomic E-state index is -0.0510. The molecule has 8 aromatic rings. The molecule has 376 valence electrons. The second-order valence-electron chi connectivity index (χ2n) is 22.5. The second-order valence-corrected chi connectivity index (χ2v) is 22.5. The first kappa shape index (κ1) is 52.0. The average molecular weight is 975 g/mol. The third-order valence-electron chi connectivity index (χ3n) is 15.5. The maximum Gasteiger partial charge on any atom is 0.242 e. The monoisotopic (exact) mass is 975 g/mol. The molecule has 0 amide bonds. The molecular formula is C68H76B2N2O2. The van der Waals surface area contributed by atoms with Gasteiger partial charge >= 0.3 is 0 Å². The van der Waals surface area contributed by atoms with Crippen molar-refractivity contribution in [1.82, 2.24) is 0 Å². The van der Waals surface area contributed by atoms with Gasteiger partial charge in [-0.25, -0.2) is 0 Å². The molecule has 0 N–H and O–H groups in total. The van der Waals surface area contributed by atoms with E-state index in [2.05, 4.69) is 263 Å². The Labute approximate surface area is 445 Å². The van der Waals surface area contributed by atoms with E-state index in [0.29, 0.717) is 35.5 Å². The Morgan fingerprint density at radius 2 is 0.581 bits per heavy atom. The summed E-state index contributed by atoms with van der Waals surface area (Å²) in [5, 5.41) is 0. The first-order valence-corrected chi connectivity index (χ1v) is 27.2. The molecule has 4 aliphatic heterocycles. The van der Waals surface area contributed by atoms with Crippen molar-refractivity contribution in [3.63, 3.8) is 0 Å². The third-order valence-corrected chi connectivity index (χ3v) is 15.5. The van der Waals surface area contributed by atoms with Crippen molar-refractivity contribution in [2.24, 2.45) is 0 Å². The van der Waals surface area contributed by atoms with Gasteiger partial charge in [-0.3, -0.25) is 0 Å². The van der Waals surface area contributed by atoms with Gasteiger partial charge in [0.05, 0.1) is 14.2 Å². The standard InChI is InChI=1S/C68H76B2N2O2/c1-43(2)49-37-63(45(5)6)67(64(38-49)46(7)8)69-51-21-25-55(26-22-51)72(58-31-35-62(74-14)36-32-58)60-20-16-18-54(42-60)70(68-65(47(9)10)39-50(44(3)4)40-66(68)48(11)12)52-23-27-56(28-24-52)71(59-19-15-17-53(69)41-59)57-29-33-61(73-13)34-30-57/h15-48H,1-14H3. The van der Waals surface area contributed by atoms with Crippen LogP contribution in [0.3, 0.4) is 0 Å². The SMILES string of the molecule is COc1ccc(N2c3ccc(cc3)B(c3c(C(C)C)cc(C(C)C)cc3C(C)C)c3cccc(c3)N(c3ccc(OC)cc3)c3ccc(cc3)B(c3c(C(C)C)cc(C(C)C)cc3C(C)C)c3cccc2c3)cc1. The van der Waals surface area contributed by atoms with E-state index in [1.165, 1.54) is 66.2 Å². The summed E-state index contributed by atoms with van der Waals surface area (Å²) in [5.41, 5.74) is 22.8. The number of benzene rings is 8. The van der Waals surface area contributed by atoms with Gasteiger partial charge in [0.25, 0.3) is 0 Å². The van der Waals surface area contributed by atoms with Crippen LogP contribution in [0.15, 0.2) is 170 Å². The van der Waals surface area contributed by atoms with Gasteiger partial charge in [0.2, 0.25) is 13.4 Å². The molecule has 74 heavy (non-hydrogen) atoms. The van der Waals surface area contributed by atoms with Gasteiger partial charge in [-0.2, -0.15) is 0 Å². The molecule has 0 radical (unpaired) electrons. The Hall–Kier alpha value is -6.91. The lowest BCUT2D eigenvalue weighted by molar-refractivity contribution is 0.414. The highest BCUT2D eigenvalue weighted by Crippen LogP contribution is 2.38. The van der Waals surface area contributed by atoms with E-state index in [1.807, 2.05) is 0 Å². The maximum atomic E-state index is 5.72. The highest BCUT2D eigenvalue weighted by Gasteiger charge is 2.33. The quantitative estimate of drug-likeness (QED) is 0.114. The number of hydrogen-bond acceptors (Lipinski definition) is 4. The molecule has 12 rings (SSSR count). The smallest absolute Gasteiger partial charge is 0.242 e. The molecule has 4 nitrogen and oxygen atoms in total. The van der Waals surface area contributed by atoms with E-state index in [4.69, 9.17) is 9.47 Å². The Morgan fingerprint density at radius 3 is 0.838 bits per heavy atom. The van der Waals surface area contributed by atoms with Crippen molar-refractivity contribution in [3.8, 4) is 11.5 Å². The predicted molar refractivity (Wildman–Crippen MR) is 322 cm³/mol. The van der Waals surface area contributed by atoms with Gasteiger partial charge in [0.15, 0.2) is 0 Å². The summed E-state index contributed by atoms with van der Waals surface area (Å²) >= 11 is 0. The lowest BCUT2D eigenvalue weighted by atomic mass is 9.34. The minimum absolute atomic E-state index is 0.0510. The number of methoxy groups -OCH3 is 2. The molecule has 0 unspecified atom stereocenters. The lowest BCUT2D eigenvalue weighted by Crippen LogP contribution is -2.55. The van der Waals surface area contributed by atoms with Crippen molar-refractivity contribution >= 4 is 80.3 Å². The van der Waals surface area contributed by atoms with Crippen LogP contribution in [0.5, 0.6) is 11.5 Å². The molecule has 4 aliphatic rings. The summed E-state index contributed by atoms with van der Waals surface area (Å²) in [6.45, 7) is 28.1. The van der Waals surface area contributed by atoms with Crippen LogP contribution in [0.4, 0.5) is 34.1 Å². The number of rotatable bonds is 12. The fourth-order valence-electron chi connectivity index (χ4n) is 11.4. The zero-order chi connectivity index (χ0) is 52.5. The Balaban J connectivity index is 1.38. The summed E-state index contributed by atoms with van der Waals surface area (Å²) in [5.74, 6) is 3.74. The van der Waals surface area contributed by atoms with Gasteiger partial charge in [0, 0.05) is 34.1 Å². The van der Waals surface area contributed by atoms with Gasteiger partial charge in [-0.05, 0) is 166 Å². The van der Waals surface area contributed by atoms with Crippen LogP contribution >= 0.6 is 0 Å². The molecule has 0 saturated carbocycles. The summed E-state index contributed by atoms with van der Waals surface area (Å²) in [7, 11) is 3.47. The van der Waals surface area contributed by atoms with E-state index >= 15 is 0 Å². The van der Waals surface area contributed by atoms with E-state index in [-0.39, 0.29) is 13.4 Å². The molecule has 0 aliphatic carbocycles. The Kier molecular flexibility index (Phi) is 15.4. The molecular weight excluding hydrogens is 898 g/mol. The van der Waals surface area contributed by atoms with Crippen molar-refractivity contribution in [3.05, 3.63) is 203 Å². The maximum absolute atomic E-state index is 5.72. The third kappa shape index (κ3) is 10.3. The summed E-state index contributed by atoms with van der Waals surface area (Å²) in [6.07, 6.45) is 0. The second kappa shape index (κ2) is 21.9. The van der Waals surface area contributed by atoms with Crippen LogP contribution in [0.25, 0.3) is 0 Å². The Morgan fingerprint density at radius 1 is 0.297 bits per heavy atom. The van der Waals surface area contributed by atoms with Gasteiger partial charge in [-0.1, -0.05) is 189 Å². The number of anilines is 6. The van der Waals surface area contributed by atoms with Crippen molar-refractivity contribution in [2.45, 2.75) is 119 Å². The van der Waals surface area contributed by atoms with Crippen LogP contribution in [0.2, 0.25) is 0 Å². The van der Waals surface area contributed by atoms with Gasteiger partial charge in [-0.15, -0.1) is 0 Å². The van der Waals surface area contributed by atoms with Crippen molar-refractivity contribution in [2.75, 3.05) is 24.0 Å². The highest BCUT2D eigenvalue weighted by atomic mass is 16.5. The fraction of sp³-hybridized carbons (Fsp3) is 0.294. The largest absolute Gasteiger partial charge is 0.497 e. The normalized spacial score (nSPS) is 12.8. The van der Waals surface area contributed by atoms with Crippen LogP contribution in [-0.2, 0) is 0 Å². The number of ether oxygens (including phenoxy) is 2. The van der Waals surface area contributed by atoms with E-state index in [0.717, 1.165) is 45.6 Å². The molecule has 0 aromatic heterocycles. The predicted octanol–water partition coefficient (Wildman–Crippen LogP) is 14.7. The molecule has 8 aromatic carbocycles. The molecule has 4 heterocycles. The first-order chi connectivity index (χ1) is 35.6. The zero-order valence-corrected chi connectivity index (χ0v) is 46.5. The average Bonchev–Trinajstić information content (AvgIpc) is 3.40. The van der Waals surface area contributed by atoms with Crippen LogP contribution in [-0.4, -0.2) is 27.6 Å². The van der Waals surface area contributed by atoms with E-state index in [9.17, 15) is 0 Å².